The number of amides is 1. The third-order valence-electron chi connectivity index (χ3n) is 6.82. The number of carbonyl (C=O) groups is 1. The van der Waals surface area contributed by atoms with E-state index in [2.05, 4.69) is 47.6 Å². The highest BCUT2D eigenvalue weighted by Crippen LogP contribution is 2.34. The predicted molar refractivity (Wildman–Crippen MR) is 159 cm³/mol. The van der Waals surface area contributed by atoms with Gasteiger partial charge in [0.2, 0.25) is 11.9 Å². The van der Waals surface area contributed by atoms with E-state index in [-0.39, 0.29) is 17.4 Å². The first-order valence-corrected chi connectivity index (χ1v) is 13.3. The molecule has 0 spiro atoms. The topological polar surface area (TPSA) is 115 Å². The first kappa shape index (κ1) is 28.0. The smallest absolute Gasteiger partial charge is 0.248 e. The average molecular weight is 560 g/mol. The van der Waals surface area contributed by atoms with E-state index in [4.69, 9.17) is 4.74 Å². The van der Waals surface area contributed by atoms with Crippen LogP contribution in [0.3, 0.4) is 0 Å². The summed E-state index contributed by atoms with van der Waals surface area (Å²) in [6.07, 6.45) is 4.77. The molecule has 41 heavy (non-hydrogen) atoms. The summed E-state index contributed by atoms with van der Waals surface area (Å²) in [5.74, 6) is 0.258. The maximum absolute atomic E-state index is 15.2. The molecule has 12 heteroatoms. The van der Waals surface area contributed by atoms with Gasteiger partial charge in [0.25, 0.3) is 0 Å². The number of hydrogen-bond acceptors (Lipinski definition) is 9. The van der Waals surface area contributed by atoms with Crippen molar-refractivity contribution < 1.29 is 13.9 Å². The molecule has 11 nitrogen and oxygen atoms in total. The Kier molecular flexibility index (Phi) is 8.41. The molecule has 1 aliphatic rings. The summed E-state index contributed by atoms with van der Waals surface area (Å²) in [6.45, 7) is 4.31. The van der Waals surface area contributed by atoms with Crippen molar-refractivity contribution in [3.05, 3.63) is 60.6 Å². The zero-order valence-corrected chi connectivity index (χ0v) is 23.6. The zero-order valence-electron chi connectivity index (χ0n) is 23.6. The number of piperazine rings is 1. The Morgan fingerprint density at radius 3 is 2.66 bits per heavy atom. The quantitative estimate of drug-likeness (QED) is 0.264. The minimum atomic E-state index is -0.486. The third-order valence-corrected chi connectivity index (χ3v) is 6.82. The number of aromatic nitrogens is 4. The molecule has 1 fully saturated rings. The number of carbonyl (C=O) groups excluding carboxylic acids is 1. The molecule has 0 bridgehead atoms. The van der Waals surface area contributed by atoms with Crippen molar-refractivity contribution in [3.63, 3.8) is 0 Å². The fourth-order valence-electron chi connectivity index (χ4n) is 4.63. The number of ether oxygens (including phenoxy) is 1. The highest BCUT2D eigenvalue weighted by Gasteiger charge is 2.20. The van der Waals surface area contributed by atoms with E-state index in [1.165, 1.54) is 18.2 Å². The molecule has 0 aliphatic carbocycles. The van der Waals surface area contributed by atoms with Crippen LogP contribution in [0.1, 0.15) is 0 Å². The maximum atomic E-state index is 15.2. The van der Waals surface area contributed by atoms with Gasteiger partial charge in [-0.1, -0.05) is 6.08 Å². The maximum Gasteiger partial charge on any atom is 0.248 e. The van der Waals surface area contributed by atoms with Gasteiger partial charge in [-0.25, -0.2) is 9.37 Å². The number of aromatic amines is 1. The largest absolute Gasteiger partial charge is 0.495 e. The summed E-state index contributed by atoms with van der Waals surface area (Å²) in [7, 11) is 7.60. The van der Waals surface area contributed by atoms with Crippen LogP contribution in [0, 0.1) is 5.82 Å². The summed E-state index contributed by atoms with van der Waals surface area (Å²) >= 11 is 0. The van der Waals surface area contributed by atoms with E-state index in [1.807, 2.05) is 37.2 Å². The zero-order chi connectivity index (χ0) is 28.9. The first-order valence-electron chi connectivity index (χ1n) is 13.3. The van der Waals surface area contributed by atoms with Gasteiger partial charge in [-0.05, 0) is 57.5 Å². The molecule has 2 aromatic heterocycles. The second-order valence-corrected chi connectivity index (χ2v) is 10.2. The summed E-state index contributed by atoms with van der Waals surface area (Å²) in [5, 5.41) is 13.6. The Labute approximate surface area is 238 Å². The molecular weight excluding hydrogens is 525 g/mol. The molecule has 0 saturated carbocycles. The van der Waals surface area contributed by atoms with E-state index in [1.54, 1.807) is 25.4 Å². The number of nitrogens with one attached hydrogen (secondary N) is 3. The lowest BCUT2D eigenvalue weighted by atomic mass is 10.1. The molecule has 3 heterocycles. The molecule has 1 amide bonds. The Balaban J connectivity index is 1.45. The standard InChI is InChI=1S/C29H34FN9O2/c1-37(2)11-5-6-26(40)32-19-7-9-23(30)21(16-19)27-22-18-31-36-28(22)35-29(34-27)33-20-8-10-25(41-4)24(17-20)39-14-12-38(3)13-15-39/h5-10,16-18H,11-15H2,1-4H3,(H,32,40)(H2,31,33,34,35,36)/b6-5+. The van der Waals surface area contributed by atoms with Crippen LogP contribution in [-0.2, 0) is 4.79 Å². The highest BCUT2D eigenvalue weighted by molar-refractivity contribution is 6.00. The van der Waals surface area contributed by atoms with Gasteiger partial charge in [0.15, 0.2) is 5.65 Å². The number of nitrogens with zero attached hydrogens (tertiary/aromatic N) is 6. The van der Waals surface area contributed by atoms with Crippen molar-refractivity contribution in [2.75, 3.05) is 76.5 Å². The number of halogens is 1. The van der Waals surface area contributed by atoms with Crippen LogP contribution < -0.4 is 20.3 Å². The van der Waals surface area contributed by atoms with Crippen LogP contribution in [-0.4, -0.2) is 96.8 Å². The number of likely N-dealkylation sites (N-methyl/N-ethyl adjacent to an activating group) is 2. The molecule has 2 aromatic carbocycles. The molecule has 1 aliphatic heterocycles. The second kappa shape index (κ2) is 12.3. The van der Waals surface area contributed by atoms with Crippen molar-refractivity contribution in [1.82, 2.24) is 30.0 Å². The number of fused-ring (bicyclic) bond motifs is 1. The molecule has 0 atom stereocenters. The van der Waals surface area contributed by atoms with E-state index >= 15 is 4.39 Å². The summed E-state index contributed by atoms with van der Waals surface area (Å²) in [5.41, 5.74) is 3.18. The summed E-state index contributed by atoms with van der Waals surface area (Å²) in [6, 6.07) is 10.2. The fraction of sp³-hybridized carbons (Fsp3) is 0.310. The molecular formula is C29H34FN9O2. The second-order valence-electron chi connectivity index (χ2n) is 10.2. The van der Waals surface area contributed by atoms with Gasteiger partial charge in [0.1, 0.15) is 11.6 Å². The Hall–Kier alpha value is -4.55. The highest BCUT2D eigenvalue weighted by atomic mass is 19.1. The summed E-state index contributed by atoms with van der Waals surface area (Å²) < 4.78 is 20.8. The van der Waals surface area contributed by atoms with Crippen LogP contribution >= 0.6 is 0 Å². The molecule has 3 N–H and O–H groups in total. The van der Waals surface area contributed by atoms with Crippen molar-refractivity contribution in [2.24, 2.45) is 0 Å². The summed E-state index contributed by atoms with van der Waals surface area (Å²) in [4.78, 5) is 28.1. The Morgan fingerprint density at radius 2 is 1.90 bits per heavy atom. The minimum Gasteiger partial charge on any atom is -0.495 e. The monoisotopic (exact) mass is 559 g/mol. The van der Waals surface area contributed by atoms with Gasteiger partial charge in [0.05, 0.1) is 30.1 Å². The van der Waals surface area contributed by atoms with Crippen LogP contribution in [0.2, 0.25) is 0 Å². The first-order chi connectivity index (χ1) is 19.8. The van der Waals surface area contributed by atoms with Crippen LogP contribution in [0.25, 0.3) is 22.3 Å². The minimum absolute atomic E-state index is 0.213. The molecule has 0 radical (unpaired) electrons. The normalized spacial score (nSPS) is 14.2. The number of H-pyrrole nitrogens is 1. The van der Waals surface area contributed by atoms with Crippen LogP contribution in [0.4, 0.5) is 27.4 Å². The van der Waals surface area contributed by atoms with Gasteiger partial charge in [0, 0.05) is 55.7 Å². The lowest BCUT2D eigenvalue weighted by Crippen LogP contribution is -2.44. The van der Waals surface area contributed by atoms with Crippen LogP contribution in [0.5, 0.6) is 5.75 Å². The molecule has 214 valence electrons. The van der Waals surface area contributed by atoms with E-state index in [9.17, 15) is 4.79 Å². The predicted octanol–water partition coefficient (Wildman–Crippen LogP) is 3.72. The lowest BCUT2D eigenvalue weighted by molar-refractivity contribution is -0.111. The Bertz CT molecular complexity index is 1560. The van der Waals surface area contributed by atoms with Gasteiger partial charge >= 0.3 is 0 Å². The van der Waals surface area contributed by atoms with E-state index in [0.717, 1.165) is 43.3 Å². The number of anilines is 4. The van der Waals surface area contributed by atoms with E-state index in [0.29, 0.717) is 29.0 Å². The fourth-order valence-corrected chi connectivity index (χ4v) is 4.63. The molecule has 4 aromatic rings. The molecule has 5 rings (SSSR count). The number of rotatable bonds is 9. The third kappa shape index (κ3) is 6.61. The van der Waals surface area contributed by atoms with Crippen molar-refractivity contribution >= 4 is 40.0 Å². The van der Waals surface area contributed by atoms with Gasteiger partial charge in [-0.3, -0.25) is 9.89 Å². The average Bonchev–Trinajstić information content (AvgIpc) is 3.43. The van der Waals surface area contributed by atoms with Gasteiger partial charge in [-0.15, -0.1) is 0 Å². The van der Waals surface area contributed by atoms with E-state index < -0.39 is 5.82 Å². The number of benzene rings is 2. The van der Waals surface area contributed by atoms with Crippen molar-refractivity contribution in [3.8, 4) is 17.0 Å². The van der Waals surface area contributed by atoms with Gasteiger partial charge in [-0.2, -0.15) is 10.1 Å². The van der Waals surface area contributed by atoms with Gasteiger partial charge < -0.3 is 30.1 Å². The molecule has 0 unspecified atom stereocenters. The SMILES string of the molecule is COc1ccc(Nc2nc(-c3cc(NC(=O)/C=C/CN(C)C)ccc3F)c3cn[nH]c3n2)cc1N1CCN(C)CC1. The van der Waals surface area contributed by atoms with Crippen molar-refractivity contribution in [1.29, 1.82) is 0 Å². The number of methoxy groups -OCH3 is 1. The number of hydrogen-bond donors (Lipinski definition) is 3. The lowest BCUT2D eigenvalue weighted by Gasteiger charge is -2.34. The van der Waals surface area contributed by atoms with Crippen molar-refractivity contribution in [2.45, 2.75) is 0 Å². The molecule has 1 saturated heterocycles. The Morgan fingerprint density at radius 1 is 1.12 bits per heavy atom. The van der Waals surface area contributed by atoms with Crippen LogP contribution in [0.15, 0.2) is 54.7 Å².